The van der Waals surface area contributed by atoms with E-state index in [0.29, 0.717) is 31.0 Å². The van der Waals surface area contributed by atoms with Crippen LogP contribution in [0.1, 0.15) is 13.3 Å². The van der Waals surface area contributed by atoms with Crippen LogP contribution in [0.4, 0.5) is 4.79 Å². The molecule has 17 heavy (non-hydrogen) atoms. The first-order valence-corrected chi connectivity index (χ1v) is 7.05. The van der Waals surface area contributed by atoms with Crippen molar-refractivity contribution in [2.45, 2.75) is 19.4 Å². The summed E-state index contributed by atoms with van der Waals surface area (Å²) in [6.45, 7) is 2.60. The molecule has 6 nitrogen and oxygen atoms in total. The molecule has 0 saturated carbocycles. The SMILES string of the molecule is CCC(C(=O)O)N(C)C(=O)N1CCS(=O)CC1. The molecule has 2 amide bonds. The van der Waals surface area contributed by atoms with E-state index in [9.17, 15) is 13.8 Å². The molecule has 1 N–H and O–H groups in total. The van der Waals surface area contributed by atoms with Gasteiger partial charge in [0.05, 0.1) is 0 Å². The molecule has 1 atom stereocenters. The summed E-state index contributed by atoms with van der Waals surface area (Å²) in [5.41, 5.74) is 0. The number of carbonyl (C=O) groups is 2. The second-order valence-corrected chi connectivity index (χ2v) is 5.69. The maximum atomic E-state index is 12.0. The normalized spacial score (nSPS) is 18.8. The molecule has 98 valence electrons. The highest BCUT2D eigenvalue weighted by Gasteiger charge is 2.29. The molecule has 0 radical (unpaired) electrons. The van der Waals surface area contributed by atoms with Crippen LogP contribution in [0, 0.1) is 0 Å². The molecule has 0 aromatic heterocycles. The molecule has 0 bridgehead atoms. The van der Waals surface area contributed by atoms with Crippen LogP contribution < -0.4 is 0 Å². The van der Waals surface area contributed by atoms with Crippen molar-refractivity contribution in [1.29, 1.82) is 0 Å². The molecule has 1 aliphatic rings. The van der Waals surface area contributed by atoms with Gasteiger partial charge in [-0.25, -0.2) is 9.59 Å². The number of amides is 2. The van der Waals surface area contributed by atoms with Gasteiger partial charge in [-0.2, -0.15) is 0 Å². The van der Waals surface area contributed by atoms with Crippen molar-refractivity contribution in [3.8, 4) is 0 Å². The molecular formula is C10H18N2O4S. The van der Waals surface area contributed by atoms with Crippen LogP contribution in [0.15, 0.2) is 0 Å². The van der Waals surface area contributed by atoms with E-state index in [1.54, 1.807) is 11.8 Å². The predicted molar refractivity (Wildman–Crippen MR) is 64.3 cm³/mol. The van der Waals surface area contributed by atoms with Crippen molar-refractivity contribution in [1.82, 2.24) is 9.80 Å². The van der Waals surface area contributed by atoms with E-state index in [1.807, 2.05) is 0 Å². The van der Waals surface area contributed by atoms with Crippen molar-refractivity contribution < 1.29 is 18.9 Å². The van der Waals surface area contributed by atoms with Crippen molar-refractivity contribution in [2.24, 2.45) is 0 Å². The Kier molecular flexibility index (Phi) is 4.92. The number of likely N-dealkylation sites (N-methyl/N-ethyl adjacent to an activating group) is 1. The standard InChI is InChI=1S/C10H18N2O4S/c1-3-8(9(13)14)11(2)10(15)12-4-6-17(16)7-5-12/h8H,3-7H2,1-2H3,(H,13,14). The Labute approximate surface area is 103 Å². The van der Waals surface area contributed by atoms with E-state index in [2.05, 4.69) is 0 Å². The van der Waals surface area contributed by atoms with Crippen LogP contribution in [0.2, 0.25) is 0 Å². The van der Waals surface area contributed by atoms with Gasteiger partial charge in [-0.3, -0.25) is 4.21 Å². The summed E-state index contributed by atoms with van der Waals surface area (Å²) in [6.07, 6.45) is 0.372. The minimum absolute atomic E-state index is 0.295. The summed E-state index contributed by atoms with van der Waals surface area (Å²) in [5, 5.41) is 8.97. The summed E-state index contributed by atoms with van der Waals surface area (Å²) in [4.78, 5) is 25.8. The number of carbonyl (C=O) groups excluding carboxylic acids is 1. The van der Waals surface area contributed by atoms with Gasteiger partial charge in [0.2, 0.25) is 0 Å². The van der Waals surface area contributed by atoms with E-state index in [0.717, 1.165) is 0 Å². The lowest BCUT2D eigenvalue weighted by molar-refractivity contribution is -0.142. The highest BCUT2D eigenvalue weighted by molar-refractivity contribution is 7.85. The van der Waals surface area contributed by atoms with Crippen molar-refractivity contribution >= 4 is 22.8 Å². The molecule has 0 spiro atoms. The molecule has 1 saturated heterocycles. The summed E-state index contributed by atoms with van der Waals surface area (Å²) >= 11 is 0. The Morgan fingerprint density at radius 2 is 1.94 bits per heavy atom. The number of hydrogen-bond acceptors (Lipinski definition) is 3. The van der Waals surface area contributed by atoms with Crippen LogP contribution in [-0.4, -0.2) is 68.8 Å². The Hall–Kier alpha value is -1.11. The summed E-state index contributed by atoms with van der Waals surface area (Å²) < 4.78 is 11.2. The zero-order valence-corrected chi connectivity index (χ0v) is 10.9. The number of carboxylic acids is 1. The molecular weight excluding hydrogens is 244 g/mol. The summed E-state index contributed by atoms with van der Waals surface area (Å²) in [5.74, 6) is -0.0451. The fourth-order valence-electron chi connectivity index (χ4n) is 1.80. The highest BCUT2D eigenvalue weighted by Crippen LogP contribution is 2.09. The molecule has 7 heteroatoms. The number of carboxylic acid groups (broad SMARTS) is 1. The van der Waals surface area contributed by atoms with E-state index < -0.39 is 22.8 Å². The quantitative estimate of drug-likeness (QED) is 0.774. The fraction of sp³-hybridized carbons (Fsp3) is 0.800. The van der Waals surface area contributed by atoms with Crippen LogP contribution in [-0.2, 0) is 15.6 Å². The first kappa shape index (κ1) is 14.0. The van der Waals surface area contributed by atoms with E-state index >= 15 is 0 Å². The van der Waals surface area contributed by atoms with Gasteiger partial charge in [-0.1, -0.05) is 6.92 Å². The number of hydrogen-bond donors (Lipinski definition) is 1. The number of urea groups is 1. The van der Waals surface area contributed by atoms with Crippen LogP contribution in [0.25, 0.3) is 0 Å². The maximum absolute atomic E-state index is 12.0. The minimum atomic E-state index is -0.996. The van der Waals surface area contributed by atoms with E-state index in [1.165, 1.54) is 11.9 Å². The van der Waals surface area contributed by atoms with Gasteiger partial charge in [-0.15, -0.1) is 0 Å². The lowest BCUT2D eigenvalue weighted by Crippen LogP contribution is -2.52. The predicted octanol–water partition coefficient (Wildman–Crippen LogP) is -0.0343. The highest BCUT2D eigenvalue weighted by atomic mass is 32.2. The van der Waals surface area contributed by atoms with Gasteiger partial charge < -0.3 is 14.9 Å². The summed E-state index contributed by atoms with van der Waals surface area (Å²) in [7, 11) is 0.656. The van der Waals surface area contributed by atoms with Gasteiger partial charge in [-0.05, 0) is 6.42 Å². The smallest absolute Gasteiger partial charge is 0.326 e. The van der Waals surface area contributed by atoms with Crippen molar-refractivity contribution in [3.63, 3.8) is 0 Å². The number of nitrogens with zero attached hydrogens (tertiary/aromatic N) is 2. The minimum Gasteiger partial charge on any atom is -0.480 e. The van der Waals surface area contributed by atoms with Crippen LogP contribution in [0.3, 0.4) is 0 Å². The maximum Gasteiger partial charge on any atom is 0.326 e. The number of rotatable bonds is 3. The van der Waals surface area contributed by atoms with Gasteiger partial charge in [0.15, 0.2) is 0 Å². The first-order valence-electron chi connectivity index (χ1n) is 5.56. The Morgan fingerprint density at radius 1 is 1.41 bits per heavy atom. The molecule has 1 heterocycles. The monoisotopic (exact) mass is 262 g/mol. The summed E-state index contributed by atoms with van der Waals surface area (Å²) in [6, 6.07) is -1.09. The largest absolute Gasteiger partial charge is 0.480 e. The van der Waals surface area contributed by atoms with E-state index in [4.69, 9.17) is 5.11 Å². The molecule has 0 aromatic carbocycles. The van der Waals surface area contributed by atoms with Gasteiger partial charge >= 0.3 is 12.0 Å². The second kappa shape index (κ2) is 6.00. The van der Waals surface area contributed by atoms with E-state index in [-0.39, 0.29) is 6.03 Å². The van der Waals surface area contributed by atoms with Gasteiger partial charge in [0, 0.05) is 42.4 Å². The third-order valence-corrected chi connectivity index (χ3v) is 4.17. The topological polar surface area (TPSA) is 77.9 Å². The second-order valence-electron chi connectivity index (χ2n) is 3.99. The average molecular weight is 262 g/mol. The van der Waals surface area contributed by atoms with Crippen molar-refractivity contribution in [2.75, 3.05) is 31.6 Å². The molecule has 1 unspecified atom stereocenters. The Morgan fingerprint density at radius 3 is 2.35 bits per heavy atom. The molecule has 0 aromatic rings. The molecule has 1 rings (SSSR count). The van der Waals surface area contributed by atoms with Gasteiger partial charge in [0.1, 0.15) is 6.04 Å². The third kappa shape index (κ3) is 3.42. The average Bonchev–Trinajstić information content (AvgIpc) is 2.29. The van der Waals surface area contributed by atoms with Gasteiger partial charge in [0.25, 0.3) is 0 Å². The number of aliphatic carboxylic acids is 1. The van der Waals surface area contributed by atoms with Crippen LogP contribution >= 0.6 is 0 Å². The molecule has 1 fully saturated rings. The molecule has 0 aliphatic carbocycles. The fourth-order valence-corrected chi connectivity index (χ4v) is 2.85. The first-order chi connectivity index (χ1) is 7.97. The Bertz CT molecular complexity index is 324. The Balaban J connectivity index is 2.62. The third-order valence-electron chi connectivity index (χ3n) is 2.89. The lowest BCUT2D eigenvalue weighted by Gasteiger charge is -2.33. The van der Waals surface area contributed by atoms with Crippen LogP contribution in [0.5, 0.6) is 0 Å². The van der Waals surface area contributed by atoms with Crippen molar-refractivity contribution in [3.05, 3.63) is 0 Å². The zero-order chi connectivity index (χ0) is 13.0. The zero-order valence-electron chi connectivity index (χ0n) is 10.1. The lowest BCUT2D eigenvalue weighted by atomic mass is 10.2. The molecule has 1 aliphatic heterocycles.